The molecule has 0 amide bonds. The smallest absolute Gasteiger partial charge is 0.320 e. The van der Waals surface area contributed by atoms with Crippen molar-refractivity contribution in [3.8, 4) is 0 Å². The van der Waals surface area contributed by atoms with E-state index < -0.39 is 24.0 Å². The summed E-state index contributed by atoms with van der Waals surface area (Å²) in [7, 11) is 7.15. The van der Waals surface area contributed by atoms with Gasteiger partial charge in [0.1, 0.15) is 12.1 Å². The van der Waals surface area contributed by atoms with Crippen LogP contribution in [0, 0.1) is 0 Å². The first-order chi connectivity index (χ1) is 11.3. The molecule has 5 N–H and O–H groups in total. The van der Waals surface area contributed by atoms with E-state index in [1.165, 1.54) is 0 Å². The van der Waals surface area contributed by atoms with Gasteiger partial charge >= 0.3 is 11.9 Å². The minimum absolute atomic E-state index is 0.146. The van der Waals surface area contributed by atoms with E-state index in [4.69, 9.17) is 5.11 Å². The maximum absolute atomic E-state index is 11.4. The van der Waals surface area contributed by atoms with Crippen molar-refractivity contribution in [2.45, 2.75) is 56.8 Å². The van der Waals surface area contributed by atoms with Crippen LogP contribution >= 0.6 is 0 Å². The van der Waals surface area contributed by atoms with E-state index in [-0.39, 0.29) is 6.17 Å². The van der Waals surface area contributed by atoms with Gasteiger partial charge < -0.3 is 20.8 Å². The van der Waals surface area contributed by atoms with E-state index in [1.54, 1.807) is 26.0 Å². The third kappa shape index (κ3) is 9.82. The summed E-state index contributed by atoms with van der Waals surface area (Å²) in [6.45, 7) is 0.878. The molecule has 3 atom stereocenters. The van der Waals surface area contributed by atoms with Crippen molar-refractivity contribution in [2.24, 2.45) is 0 Å². The van der Waals surface area contributed by atoms with Crippen LogP contribution in [0.25, 0.3) is 0 Å². The Morgan fingerprint density at radius 3 is 2.08 bits per heavy atom. The molecule has 0 heterocycles. The number of carboxylic acid groups (broad SMARTS) is 2. The third-order valence-corrected chi connectivity index (χ3v) is 4.10. The van der Waals surface area contributed by atoms with Crippen molar-refractivity contribution in [3.63, 3.8) is 0 Å². The average Bonchev–Trinajstić information content (AvgIpc) is 2.51. The summed E-state index contributed by atoms with van der Waals surface area (Å²) in [5, 5.41) is 27.8. The van der Waals surface area contributed by atoms with Gasteiger partial charge in [-0.2, -0.15) is 0 Å². The Kier molecular flexibility index (Phi) is 12.4. The van der Waals surface area contributed by atoms with E-state index >= 15 is 0 Å². The van der Waals surface area contributed by atoms with Crippen molar-refractivity contribution in [2.75, 3.05) is 34.7 Å². The summed E-state index contributed by atoms with van der Waals surface area (Å²) in [5.41, 5.74) is 0. The van der Waals surface area contributed by atoms with E-state index in [0.29, 0.717) is 25.7 Å². The standard InChI is InChI=1S/C16H34N4O4/c1-17-11-6-5-8-12(15(21)22)19-14(18-2)10-7-9-13(16(23)24)20(3)4/h12-14,17-19H,5-11H2,1-4H3,(H,21,22)(H,23,24)/t12-,13-,14?/m0/s1. The van der Waals surface area contributed by atoms with Crippen LogP contribution in [0.5, 0.6) is 0 Å². The lowest BCUT2D eigenvalue weighted by Crippen LogP contribution is -2.49. The first kappa shape index (κ1) is 22.8. The Morgan fingerprint density at radius 2 is 1.62 bits per heavy atom. The van der Waals surface area contributed by atoms with Crippen LogP contribution in [0.1, 0.15) is 38.5 Å². The fourth-order valence-corrected chi connectivity index (χ4v) is 2.60. The molecular weight excluding hydrogens is 312 g/mol. The fourth-order valence-electron chi connectivity index (χ4n) is 2.60. The summed E-state index contributed by atoms with van der Waals surface area (Å²) in [5.74, 6) is -1.68. The van der Waals surface area contributed by atoms with Crippen LogP contribution in [0.2, 0.25) is 0 Å². The minimum atomic E-state index is -0.851. The first-order valence-corrected chi connectivity index (χ1v) is 8.53. The predicted molar refractivity (Wildman–Crippen MR) is 94.1 cm³/mol. The van der Waals surface area contributed by atoms with Gasteiger partial charge in [-0.15, -0.1) is 0 Å². The van der Waals surface area contributed by atoms with E-state index in [0.717, 1.165) is 19.4 Å². The predicted octanol–water partition coefficient (Wildman–Crippen LogP) is 0.150. The van der Waals surface area contributed by atoms with Gasteiger partial charge in [-0.05, 0) is 66.8 Å². The Bertz CT molecular complexity index is 366. The quantitative estimate of drug-likeness (QED) is 0.210. The van der Waals surface area contributed by atoms with Gasteiger partial charge in [-0.25, -0.2) is 0 Å². The molecule has 0 aromatic carbocycles. The van der Waals surface area contributed by atoms with Gasteiger partial charge in [0.15, 0.2) is 0 Å². The first-order valence-electron chi connectivity index (χ1n) is 8.53. The number of carboxylic acids is 2. The highest BCUT2D eigenvalue weighted by Crippen LogP contribution is 2.09. The number of aliphatic carboxylic acids is 2. The van der Waals surface area contributed by atoms with Crippen LogP contribution in [0.15, 0.2) is 0 Å². The van der Waals surface area contributed by atoms with Gasteiger partial charge in [-0.3, -0.25) is 19.8 Å². The Morgan fingerprint density at radius 1 is 0.958 bits per heavy atom. The normalized spacial score (nSPS) is 15.2. The molecule has 0 saturated carbocycles. The average molecular weight is 346 g/mol. The monoisotopic (exact) mass is 346 g/mol. The zero-order chi connectivity index (χ0) is 18.5. The van der Waals surface area contributed by atoms with Crippen LogP contribution < -0.4 is 16.0 Å². The lowest BCUT2D eigenvalue weighted by molar-refractivity contribution is -0.142. The molecule has 0 bridgehead atoms. The minimum Gasteiger partial charge on any atom is -0.480 e. The van der Waals surface area contributed by atoms with Crippen LogP contribution in [0.3, 0.4) is 0 Å². The van der Waals surface area contributed by atoms with Crippen molar-refractivity contribution in [1.82, 2.24) is 20.9 Å². The molecule has 1 unspecified atom stereocenters. The van der Waals surface area contributed by atoms with Crippen molar-refractivity contribution in [1.29, 1.82) is 0 Å². The Labute approximate surface area is 145 Å². The summed E-state index contributed by atoms with van der Waals surface area (Å²) in [4.78, 5) is 24.2. The van der Waals surface area contributed by atoms with Gasteiger partial charge in [0, 0.05) is 0 Å². The molecule has 0 aliphatic carbocycles. The van der Waals surface area contributed by atoms with Gasteiger partial charge in [-0.1, -0.05) is 6.42 Å². The summed E-state index contributed by atoms with van der Waals surface area (Å²) in [6.07, 6.45) is 4.10. The number of hydrogen-bond acceptors (Lipinski definition) is 6. The SMILES string of the molecule is CNCCCC[C@H](NC(CCC[C@@H](C(=O)O)N(C)C)NC)C(=O)O. The lowest BCUT2D eigenvalue weighted by Gasteiger charge is -2.25. The van der Waals surface area contributed by atoms with Gasteiger partial charge in [0.05, 0.1) is 6.17 Å². The molecule has 0 aromatic heterocycles. The molecule has 0 aromatic rings. The van der Waals surface area contributed by atoms with Crippen LogP contribution in [-0.4, -0.2) is 80.0 Å². The maximum atomic E-state index is 11.4. The Balaban J connectivity index is 4.33. The molecule has 8 nitrogen and oxygen atoms in total. The highest BCUT2D eigenvalue weighted by molar-refractivity contribution is 5.73. The molecule has 0 saturated heterocycles. The van der Waals surface area contributed by atoms with Crippen molar-refractivity contribution < 1.29 is 19.8 Å². The maximum Gasteiger partial charge on any atom is 0.320 e. The number of carbonyl (C=O) groups is 2. The number of nitrogens with zero attached hydrogens (tertiary/aromatic N) is 1. The molecule has 8 heteroatoms. The molecule has 24 heavy (non-hydrogen) atoms. The molecule has 0 aliphatic rings. The number of nitrogens with one attached hydrogen (secondary N) is 3. The van der Waals surface area contributed by atoms with Crippen LogP contribution in [0.4, 0.5) is 0 Å². The largest absolute Gasteiger partial charge is 0.480 e. The highest BCUT2D eigenvalue weighted by atomic mass is 16.4. The Hall–Kier alpha value is -1.22. The number of unbranched alkanes of at least 4 members (excludes halogenated alkanes) is 1. The van der Waals surface area contributed by atoms with Crippen molar-refractivity contribution in [3.05, 3.63) is 0 Å². The number of likely N-dealkylation sites (N-methyl/N-ethyl adjacent to an activating group) is 1. The molecule has 0 radical (unpaired) electrons. The van der Waals surface area contributed by atoms with E-state index in [9.17, 15) is 14.7 Å². The molecule has 0 fully saturated rings. The van der Waals surface area contributed by atoms with Crippen LogP contribution in [-0.2, 0) is 9.59 Å². The van der Waals surface area contributed by atoms with Gasteiger partial charge in [0.25, 0.3) is 0 Å². The molecule has 0 spiro atoms. The van der Waals surface area contributed by atoms with Crippen molar-refractivity contribution >= 4 is 11.9 Å². The summed E-state index contributed by atoms with van der Waals surface area (Å²) >= 11 is 0. The van der Waals surface area contributed by atoms with Gasteiger partial charge in [0.2, 0.25) is 0 Å². The topological polar surface area (TPSA) is 114 Å². The molecular formula is C16H34N4O4. The third-order valence-electron chi connectivity index (χ3n) is 4.10. The van der Waals surface area contributed by atoms with E-state index in [2.05, 4.69) is 16.0 Å². The zero-order valence-corrected chi connectivity index (χ0v) is 15.3. The number of hydrogen-bond donors (Lipinski definition) is 5. The zero-order valence-electron chi connectivity index (χ0n) is 15.3. The highest BCUT2D eigenvalue weighted by Gasteiger charge is 2.22. The molecule has 142 valence electrons. The van der Waals surface area contributed by atoms with E-state index in [1.807, 2.05) is 7.05 Å². The number of rotatable bonds is 15. The summed E-state index contributed by atoms with van der Waals surface area (Å²) in [6, 6.07) is -1.11. The second-order valence-corrected chi connectivity index (χ2v) is 6.25. The molecule has 0 aliphatic heterocycles. The molecule has 0 rings (SSSR count). The fraction of sp³-hybridized carbons (Fsp3) is 0.875. The lowest BCUT2D eigenvalue weighted by atomic mass is 10.1. The second kappa shape index (κ2) is 13.1. The summed E-state index contributed by atoms with van der Waals surface area (Å²) < 4.78 is 0. The second-order valence-electron chi connectivity index (χ2n) is 6.25.